The van der Waals surface area contributed by atoms with Gasteiger partial charge in [-0.1, -0.05) is 12.1 Å². The average Bonchev–Trinajstić information content (AvgIpc) is 2.71. The molecule has 29 heavy (non-hydrogen) atoms. The molecular formula is C22H23FN4O2. The Balaban J connectivity index is 1.55. The molecule has 0 radical (unpaired) electrons. The fraction of sp³-hybridized carbons (Fsp3) is 0.227. The predicted octanol–water partition coefficient (Wildman–Crippen LogP) is 4.12. The van der Waals surface area contributed by atoms with Crippen molar-refractivity contribution in [1.29, 1.82) is 0 Å². The van der Waals surface area contributed by atoms with Crippen LogP contribution in [0.25, 0.3) is 0 Å². The number of nitrogens with one attached hydrogen (secondary N) is 2. The lowest BCUT2D eigenvalue weighted by molar-refractivity contribution is 0.0949. The largest absolute Gasteiger partial charge is 0.491 e. The van der Waals surface area contributed by atoms with Gasteiger partial charge in [-0.05, 0) is 62.2 Å². The first-order valence-electron chi connectivity index (χ1n) is 9.38. The Bertz CT molecular complexity index is 944. The minimum absolute atomic E-state index is 0.111. The highest BCUT2D eigenvalue weighted by Crippen LogP contribution is 2.20. The Labute approximate surface area is 169 Å². The smallest absolute Gasteiger partial charge is 0.270 e. The van der Waals surface area contributed by atoms with Crippen LogP contribution in [0.4, 0.5) is 15.9 Å². The van der Waals surface area contributed by atoms with E-state index in [4.69, 9.17) is 4.74 Å². The molecule has 3 aromatic rings. The molecule has 0 aliphatic heterocycles. The van der Waals surface area contributed by atoms with Gasteiger partial charge in [-0.15, -0.1) is 0 Å². The molecule has 2 N–H and O–H groups in total. The highest BCUT2D eigenvalue weighted by molar-refractivity contribution is 5.92. The maximum atomic E-state index is 12.9. The molecule has 0 atom stereocenters. The number of benzene rings is 2. The summed E-state index contributed by atoms with van der Waals surface area (Å²) in [5, 5.41) is 5.96. The van der Waals surface area contributed by atoms with Crippen LogP contribution < -0.4 is 15.4 Å². The van der Waals surface area contributed by atoms with Gasteiger partial charge in [0.25, 0.3) is 5.91 Å². The van der Waals surface area contributed by atoms with Crippen LogP contribution in [-0.4, -0.2) is 28.5 Å². The van der Waals surface area contributed by atoms with Crippen LogP contribution in [-0.2, 0) is 6.42 Å². The molecule has 0 saturated carbocycles. The molecule has 0 aliphatic rings. The Morgan fingerprint density at radius 1 is 1.07 bits per heavy atom. The van der Waals surface area contributed by atoms with Crippen LogP contribution in [0.2, 0.25) is 0 Å². The molecule has 7 heteroatoms. The Kier molecular flexibility index (Phi) is 6.73. The Morgan fingerprint density at radius 3 is 2.48 bits per heavy atom. The van der Waals surface area contributed by atoms with Crippen LogP contribution in [0.3, 0.4) is 0 Å². The van der Waals surface area contributed by atoms with Crippen LogP contribution >= 0.6 is 0 Å². The van der Waals surface area contributed by atoms with Crippen molar-refractivity contribution in [3.8, 4) is 5.75 Å². The minimum atomic E-state index is -0.293. The van der Waals surface area contributed by atoms with E-state index >= 15 is 0 Å². The van der Waals surface area contributed by atoms with Crippen LogP contribution in [0.15, 0.2) is 60.9 Å². The summed E-state index contributed by atoms with van der Waals surface area (Å²) in [6.45, 7) is 4.37. The number of hydrogen-bond acceptors (Lipinski definition) is 5. The van der Waals surface area contributed by atoms with E-state index in [1.807, 2.05) is 38.1 Å². The van der Waals surface area contributed by atoms with Gasteiger partial charge in [0.1, 0.15) is 29.4 Å². The summed E-state index contributed by atoms with van der Waals surface area (Å²) in [5.74, 6) is 0.731. The zero-order valence-electron chi connectivity index (χ0n) is 16.4. The van der Waals surface area contributed by atoms with E-state index in [0.717, 1.165) is 17.0 Å². The monoisotopic (exact) mass is 394 g/mol. The summed E-state index contributed by atoms with van der Waals surface area (Å²) in [6, 6.07) is 15.3. The summed E-state index contributed by atoms with van der Waals surface area (Å²) in [7, 11) is 0. The number of nitrogens with zero attached hydrogens (tertiary/aromatic N) is 2. The summed E-state index contributed by atoms with van der Waals surface area (Å²) in [5.41, 5.74) is 2.03. The molecular weight excluding hydrogens is 371 g/mol. The van der Waals surface area contributed by atoms with Crippen molar-refractivity contribution in [3.63, 3.8) is 0 Å². The number of amides is 1. The number of carbonyl (C=O) groups is 1. The van der Waals surface area contributed by atoms with E-state index in [9.17, 15) is 9.18 Å². The molecule has 0 unspecified atom stereocenters. The molecule has 0 fully saturated rings. The van der Waals surface area contributed by atoms with E-state index in [1.165, 1.54) is 18.5 Å². The molecule has 1 aromatic heterocycles. The lowest BCUT2D eigenvalue weighted by Gasteiger charge is -2.11. The maximum absolute atomic E-state index is 12.9. The number of rotatable bonds is 8. The summed E-state index contributed by atoms with van der Waals surface area (Å²) >= 11 is 0. The molecule has 1 amide bonds. The third-order valence-electron chi connectivity index (χ3n) is 4.01. The molecule has 0 spiro atoms. The highest BCUT2D eigenvalue weighted by Gasteiger charge is 2.09. The number of halogens is 1. The summed E-state index contributed by atoms with van der Waals surface area (Å²) < 4.78 is 18.5. The number of anilines is 2. The highest BCUT2D eigenvalue weighted by atomic mass is 19.1. The van der Waals surface area contributed by atoms with Crippen molar-refractivity contribution in [2.45, 2.75) is 26.4 Å². The van der Waals surface area contributed by atoms with Crippen molar-refractivity contribution < 1.29 is 13.9 Å². The van der Waals surface area contributed by atoms with Gasteiger partial charge in [0.05, 0.1) is 6.10 Å². The summed E-state index contributed by atoms with van der Waals surface area (Å²) in [6.07, 6.45) is 2.06. The number of ether oxygens (including phenoxy) is 1. The summed E-state index contributed by atoms with van der Waals surface area (Å²) in [4.78, 5) is 20.5. The molecule has 0 saturated heterocycles. The van der Waals surface area contributed by atoms with E-state index < -0.39 is 0 Å². The molecule has 2 aromatic carbocycles. The average molecular weight is 394 g/mol. The lowest BCUT2D eigenvalue weighted by Crippen LogP contribution is -2.26. The SMILES string of the molecule is CC(C)Oc1ccc(Nc2cc(C(=O)NCCc3ccc(F)cc3)ncn2)cc1. The standard InChI is InChI=1S/C22H23FN4O2/c1-15(2)29-19-9-7-18(8-10-19)27-21-13-20(25-14-26-21)22(28)24-12-11-16-3-5-17(23)6-4-16/h3-10,13-15H,11-12H2,1-2H3,(H,24,28)(H,25,26,27). The van der Waals surface area contributed by atoms with Crippen molar-refractivity contribution in [1.82, 2.24) is 15.3 Å². The lowest BCUT2D eigenvalue weighted by atomic mass is 10.1. The van der Waals surface area contributed by atoms with Gasteiger partial charge in [-0.25, -0.2) is 14.4 Å². The first kappa shape index (κ1) is 20.3. The quantitative estimate of drug-likeness (QED) is 0.601. The van der Waals surface area contributed by atoms with Gasteiger partial charge in [-0.2, -0.15) is 0 Å². The maximum Gasteiger partial charge on any atom is 0.270 e. The van der Waals surface area contributed by atoms with Crippen molar-refractivity contribution in [2.24, 2.45) is 0 Å². The number of hydrogen-bond donors (Lipinski definition) is 2. The Morgan fingerprint density at radius 2 is 1.79 bits per heavy atom. The zero-order valence-corrected chi connectivity index (χ0v) is 16.4. The number of aromatic nitrogens is 2. The van der Waals surface area contributed by atoms with Gasteiger partial charge < -0.3 is 15.4 Å². The second-order valence-corrected chi connectivity index (χ2v) is 6.74. The van der Waals surface area contributed by atoms with E-state index in [-0.39, 0.29) is 23.5 Å². The second kappa shape index (κ2) is 9.64. The van der Waals surface area contributed by atoms with Crippen LogP contribution in [0, 0.1) is 5.82 Å². The third-order valence-corrected chi connectivity index (χ3v) is 4.01. The zero-order chi connectivity index (χ0) is 20.6. The van der Waals surface area contributed by atoms with Crippen molar-refractivity contribution >= 4 is 17.4 Å². The molecule has 1 heterocycles. The van der Waals surface area contributed by atoms with E-state index in [2.05, 4.69) is 20.6 Å². The van der Waals surface area contributed by atoms with Crippen LogP contribution in [0.5, 0.6) is 5.75 Å². The van der Waals surface area contributed by atoms with E-state index in [0.29, 0.717) is 18.8 Å². The van der Waals surface area contributed by atoms with Crippen molar-refractivity contribution in [3.05, 3.63) is 78.0 Å². The minimum Gasteiger partial charge on any atom is -0.491 e. The molecule has 3 rings (SSSR count). The second-order valence-electron chi connectivity index (χ2n) is 6.74. The Hall–Kier alpha value is -3.48. The third kappa shape index (κ3) is 6.27. The van der Waals surface area contributed by atoms with Gasteiger partial charge in [0.15, 0.2) is 0 Å². The fourth-order valence-electron chi connectivity index (χ4n) is 2.65. The van der Waals surface area contributed by atoms with Crippen LogP contribution in [0.1, 0.15) is 29.9 Å². The number of carbonyl (C=O) groups excluding carboxylic acids is 1. The van der Waals surface area contributed by atoms with Gasteiger partial charge in [-0.3, -0.25) is 4.79 Å². The first-order valence-corrected chi connectivity index (χ1v) is 9.38. The molecule has 0 aliphatic carbocycles. The topological polar surface area (TPSA) is 76.1 Å². The van der Waals surface area contributed by atoms with Crippen molar-refractivity contribution in [2.75, 3.05) is 11.9 Å². The predicted molar refractivity (Wildman–Crippen MR) is 110 cm³/mol. The fourth-order valence-corrected chi connectivity index (χ4v) is 2.65. The van der Waals surface area contributed by atoms with Gasteiger partial charge in [0, 0.05) is 18.3 Å². The van der Waals surface area contributed by atoms with Gasteiger partial charge >= 0.3 is 0 Å². The molecule has 150 valence electrons. The first-order chi connectivity index (χ1) is 14.0. The normalized spacial score (nSPS) is 10.6. The van der Waals surface area contributed by atoms with Gasteiger partial charge in [0.2, 0.25) is 0 Å². The van der Waals surface area contributed by atoms with E-state index in [1.54, 1.807) is 18.2 Å². The molecule has 6 nitrogen and oxygen atoms in total. The molecule has 0 bridgehead atoms.